The molecule has 15 heavy (non-hydrogen) atoms. The molecule has 0 atom stereocenters. The maximum Gasteiger partial charge on any atom is 0.254 e. The highest BCUT2D eigenvalue weighted by Crippen LogP contribution is 2.04. The largest absolute Gasteiger partial charge is 0.350 e. The van der Waals surface area contributed by atoms with Crippen LogP contribution in [0.3, 0.4) is 0 Å². The molecule has 0 aromatic carbocycles. The molecule has 0 fully saturated rings. The van der Waals surface area contributed by atoms with E-state index in [-0.39, 0.29) is 5.91 Å². The van der Waals surface area contributed by atoms with Gasteiger partial charge in [-0.05, 0) is 20.8 Å². The van der Waals surface area contributed by atoms with Crippen LogP contribution < -0.4 is 11.1 Å². The van der Waals surface area contributed by atoms with Crippen LogP contribution in [0.15, 0.2) is 6.20 Å². The van der Waals surface area contributed by atoms with Gasteiger partial charge in [0, 0.05) is 25.3 Å². The fraction of sp³-hybridized carbons (Fsp3) is 0.600. The summed E-state index contributed by atoms with van der Waals surface area (Å²) in [5.41, 5.74) is 6.70. The lowest BCUT2D eigenvalue weighted by molar-refractivity contribution is 0.0945. The predicted molar refractivity (Wildman–Crippen MR) is 58.5 cm³/mol. The summed E-state index contributed by atoms with van der Waals surface area (Å²) >= 11 is 0. The lowest BCUT2D eigenvalue weighted by Gasteiger charge is -2.18. The van der Waals surface area contributed by atoms with E-state index in [0.717, 1.165) is 5.69 Å². The van der Waals surface area contributed by atoms with Gasteiger partial charge in [0.1, 0.15) is 0 Å². The Morgan fingerprint density at radius 3 is 2.67 bits per heavy atom. The van der Waals surface area contributed by atoms with Crippen LogP contribution >= 0.6 is 0 Å². The Morgan fingerprint density at radius 1 is 1.67 bits per heavy atom. The number of rotatable bonds is 3. The van der Waals surface area contributed by atoms with Crippen molar-refractivity contribution in [2.24, 2.45) is 12.8 Å². The minimum absolute atomic E-state index is 0.126. The summed E-state index contributed by atoms with van der Waals surface area (Å²) in [6.07, 6.45) is 1.70. The highest BCUT2D eigenvalue weighted by atomic mass is 16.1. The van der Waals surface area contributed by atoms with Crippen LogP contribution in [0.25, 0.3) is 0 Å². The van der Waals surface area contributed by atoms with E-state index in [4.69, 9.17) is 5.73 Å². The zero-order valence-electron chi connectivity index (χ0n) is 9.66. The number of amides is 1. The Balaban J connectivity index is 2.66. The van der Waals surface area contributed by atoms with E-state index in [0.29, 0.717) is 12.1 Å². The average Bonchev–Trinajstić information content (AvgIpc) is 2.40. The van der Waals surface area contributed by atoms with Crippen molar-refractivity contribution >= 4 is 5.91 Å². The number of carbonyl (C=O) groups is 1. The molecule has 1 amide bonds. The van der Waals surface area contributed by atoms with Gasteiger partial charge < -0.3 is 11.1 Å². The Labute approximate surface area is 89.6 Å². The first-order valence-electron chi connectivity index (χ1n) is 4.87. The molecule has 0 bridgehead atoms. The van der Waals surface area contributed by atoms with Crippen LogP contribution in [-0.4, -0.2) is 27.8 Å². The van der Waals surface area contributed by atoms with E-state index < -0.39 is 5.54 Å². The molecule has 0 aliphatic rings. The third kappa shape index (κ3) is 3.36. The molecule has 3 N–H and O–H groups in total. The molecule has 0 aliphatic heterocycles. The first kappa shape index (κ1) is 11.7. The van der Waals surface area contributed by atoms with Gasteiger partial charge in [0.25, 0.3) is 5.91 Å². The Morgan fingerprint density at radius 2 is 2.27 bits per heavy atom. The SMILES string of the molecule is Cc1nn(C)cc1C(=O)NCC(C)(C)N. The van der Waals surface area contributed by atoms with Crippen LogP contribution in [-0.2, 0) is 7.05 Å². The number of carbonyl (C=O) groups excluding carboxylic acids is 1. The molecule has 5 nitrogen and oxygen atoms in total. The second-order valence-corrected chi connectivity index (χ2v) is 4.47. The van der Waals surface area contributed by atoms with Gasteiger partial charge in [-0.25, -0.2) is 0 Å². The van der Waals surface area contributed by atoms with Gasteiger partial charge in [-0.2, -0.15) is 5.10 Å². The first-order chi connectivity index (χ1) is 6.79. The third-order valence-electron chi connectivity index (χ3n) is 1.96. The van der Waals surface area contributed by atoms with E-state index in [1.807, 2.05) is 20.8 Å². The molecule has 5 heteroatoms. The molecule has 0 unspecified atom stereocenters. The molecule has 0 radical (unpaired) electrons. The maximum absolute atomic E-state index is 11.7. The summed E-state index contributed by atoms with van der Waals surface area (Å²) in [6.45, 7) is 5.98. The molecule has 1 aromatic rings. The van der Waals surface area contributed by atoms with Crippen molar-refractivity contribution in [3.8, 4) is 0 Å². The second-order valence-electron chi connectivity index (χ2n) is 4.47. The molecule has 1 rings (SSSR count). The van der Waals surface area contributed by atoms with Crippen molar-refractivity contribution in [2.45, 2.75) is 26.3 Å². The normalized spacial score (nSPS) is 11.5. The predicted octanol–water partition coefficient (Wildman–Crippen LogP) is 0.196. The lowest BCUT2D eigenvalue weighted by atomic mass is 10.1. The van der Waals surface area contributed by atoms with Crippen molar-refractivity contribution in [2.75, 3.05) is 6.54 Å². The van der Waals surface area contributed by atoms with Crippen LogP contribution in [0, 0.1) is 6.92 Å². The summed E-state index contributed by atoms with van der Waals surface area (Å²) in [4.78, 5) is 11.7. The number of aryl methyl sites for hydroxylation is 2. The zero-order chi connectivity index (χ0) is 11.6. The van der Waals surface area contributed by atoms with Crippen molar-refractivity contribution in [1.82, 2.24) is 15.1 Å². The van der Waals surface area contributed by atoms with Crippen LogP contribution in [0.5, 0.6) is 0 Å². The number of nitrogens with two attached hydrogens (primary N) is 1. The number of nitrogens with zero attached hydrogens (tertiary/aromatic N) is 2. The first-order valence-corrected chi connectivity index (χ1v) is 4.87. The van der Waals surface area contributed by atoms with Crippen molar-refractivity contribution in [1.29, 1.82) is 0 Å². The molecule has 1 aromatic heterocycles. The highest BCUT2D eigenvalue weighted by molar-refractivity contribution is 5.95. The van der Waals surface area contributed by atoms with Gasteiger partial charge in [-0.15, -0.1) is 0 Å². The fourth-order valence-corrected chi connectivity index (χ4v) is 1.23. The van der Waals surface area contributed by atoms with Crippen LogP contribution in [0.4, 0.5) is 0 Å². The van der Waals surface area contributed by atoms with Gasteiger partial charge in [-0.1, -0.05) is 0 Å². The maximum atomic E-state index is 11.7. The minimum atomic E-state index is -0.397. The van der Waals surface area contributed by atoms with E-state index in [2.05, 4.69) is 10.4 Å². The van der Waals surface area contributed by atoms with E-state index in [1.54, 1.807) is 17.9 Å². The van der Waals surface area contributed by atoms with Crippen molar-refractivity contribution in [3.05, 3.63) is 17.5 Å². The lowest BCUT2D eigenvalue weighted by Crippen LogP contribution is -2.45. The fourth-order valence-electron chi connectivity index (χ4n) is 1.23. The van der Waals surface area contributed by atoms with Crippen LogP contribution in [0.1, 0.15) is 29.9 Å². The minimum Gasteiger partial charge on any atom is -0.350 e. The number of nitrogens with one attached hydrogen (secondary N) is 1. The molecule has 0 saturated carbocycles. The van der Waals surface area contributed by atoms with E-state index >= 15 is 0 Å². The molecule has 84 valence electrons. The second kappa shape index (κ2) is 4.02. The summed E-state index contributed by atoms with van der Waals surface area (Å²) in [7, 11) is 1.79. The van der Waals surface area contributed by atoms with E-state index in [9.17, 15) is 4.79 Å². The molecular weight excluding hydrogens is 192 g/mol. The number of aromatic nitrogens is 2. The Hall–Kier alpha value is -1.36. The summed E-state index contributed by atoms with van der Waals surface area (Å²) < 4.78 is 1.62. The molecule has 0 saturated heterocycles. The third-order valence-corrected chi connectivity index (χ3v) is 1.96. The Bertz CT molecular complexity index is 362. The average molecular weight is 210 g/mol. The number of hydrogen-bond acceptors (Lipinski definition) is 3. The van der Waals surface area contributed by atoms with Gasteiger partial charge >= 0.3 is 0 Å². The molecule has 0 spiro atoms. The van der Waals surface area contributed by atoms with Gasteiger partial charge in [0.05, 0.1) is 11.3 Å². The standard InChI is InChI=1S/C10H18N4O/c1-7-8(5-14(4)13-7)9(15)12-6-10(2,3)11/h5H,6,11H2,1-4H3,(H,12,15). The van der Waals surface area contributed by atoms with E-state index in [1.165, 1.54) is 0 Å². The van der Waals surface area contributed by atoms with Crippen LogP contribution in [0.2, 0.25) is 0 Å². The van der Waals surface area contributed by atoms with Gasteiger partial charge in [0.2, 0.25) is 0 Å². The topological polar surface area (TPSA) is 72.9 Å². The highest BCUT2D eigenvalue weighted by Gasteiger charge is 2.16. The summed E-state index contributed by atoms with van der Waals surface area (Å²) in [6, 6.07) is 0. The molecule has 0 aliphatic carbocycles. The quantitative estimate of drug-likeness (QED) is 0.748. The van der Waals surface area contributed by atoms with Gasteiger partial charge in [0.15, 0.2) is 0 Å². The smallest absolute Gasteiger partial charge is 0.254 e. The summed E-state index contributed by atoms with van der Waals surface area (Å²) in [5, 5.41) is 6.88. The molecular formula is C10H18N4O. The monoisotopic (exact) mass is 210 g/mol. The number of hydrogen-bond donors (Lipinski definition) is 2. The van der Waals surface area contributed by atoms with Crippen molar-refractivity contribution < 1.29 is 4.79 Å². The van der Waals surface area contributed by atoms with Gasteiger partial charge in [-0.3, -0.25) is 9.48 Å². The summed E-state index contributed by atoms with van der Waals surface area (Å²) in [5.74, 6) is -0.126. The zero-order valence-corrected chi connectivity index (χ0v) is 9.66. The Kier molecular flexibility index (Phi) is 3.14. The van der Waals surface area contributed by atoms with Crippen molar-refractivity contribution in [3.63, 3.8) is 0 Å². The molecule has 1 heterocycles.